The Hall–Kier alpha value is -8.07. The quantitative estimate of drug-likeness (QED) is 0.129. The molecule has 282 valence electrons. The highest BCUT2D eigenvalue weighted by atomic mass is 15.1. The van der Waals surface area contributed by atoms with Gasteiger partial charge in [-0.05, 0) is 134 Å². The fraction of sp³-hybridized carbons (Fsp3) is 0. The fourth-order valence-electron chi connectivity index (χ4n) is 10.3. The van der Waals surface area contributed by atoms with Crippen LogP contribution in [0.15, 0.2) is 218 Å². The third kappa shape index (κ3) is 5.06. The Kier molecular flexibility index (Phi) is 7.34. The molecule has 2 nitrogen and oxygen atoms in total. The summed E-state index contributed by atoms with van der Waals surface area (Å²) in [7, 11) is 0. The molecule has 0 N–H and O–H groups in total. The molecule has 0 aliphatic carbocycles. The number of hydrogen-bond acceptors (Lipinski definition) is 1. The molecule has 12 aromatic carbocycles. The standard InChI is InChI=1S/C59H36N2/c1-2-16-42(17-3-1)61-54-28-13-12-27-53(54)60-59(61)39-32-29-38(30-33-39)55-48-22-8-10-24-50(48)56(51-25-11-9-23-49(51)55)41-35-40-34-31-37-15-14-26-47-45-20-6-4-18-43(45)44-19-5-7-21-46(44)52(36-41)58(40)57(37)47/h1-36H. The summed E-state index contributed by atoms with van der Waals surface area (Å²) in [5.41, 5.74) is 9.14. The lowest BCUT2D eigenvalue weighted by Gasteiger charge is -2.19. The van der Waals surface area contributed by atoms with E-state index in [0.717, 1.165) is 28.1 Å². The predicted molar refractivity (Wildman–Crippen MR) is 260 cm³/mol. The third-order valence-corrected chi connectivity index (χ3v) is 12.9. The van der Waals surface area contributed by atoms with Gasteiger partial charge in [-0.3, -0.25) is 4.57 Å². The summed E-state index contributed by atoms with van der Waals surface area (Å²) in [5, 5.41) is 17.7. The number of imidazole rings is 1. The van der Waals surface area contributed by atoms with E-state index in [0.29, 0.717) is 0 Å². The van der Waals surface area contributed by atoms with Crippen LogP contribution in [-0.2, 0) is 0 Å². The van der Waals surface area contributed by atoms with Crippen molar-refractivity contribution in [3.63, 3.8) is 0 Å². The number of fused-ring (bicyclic) bond motifs is 8. The fourth-order valence-corrected chi connectivity index (χ4v) is 10.3. The van der Waals surface area contributed by atoms with Crippen molar-refractivity contribution < 1.29 is 0 Å². The topological polar surface area (TPSA) is 17.8 Å². The van der Waals surface area contributed by atoms with E-state index >= 15 is 0 Å². The van der Waals surface area contributed by atoms with Crippen LogP contribution in [0, 0.1) is 0 Å². The van der Waals surface area contributed by atoms with E-state index in [1.807, 2.05) is 0 Å². The third-order valence-electron chi connectivity index (χ3n) is 12.9. The Balaban J connectivity index is 1.07. The molecule has 0 saturated carbocycles. The zero-order chi connectivity index (χ0) is 40.0. The minimum Gasteiger partial charge on any atom is -0.292 e. The minimum absolute atomic E-state index is 0.931. The van der Waals surface area contributed by atoms with Crippen molar-refractivity contribution in [1.29, 1.82) is 0 Å². The van der Waals surface area contributed by atoms with Crippen LogP contribution < -0.4 is 0 Å². The number of hydrogen-bond donors (Lipinski definition) is 0. The average molecular weight is 773 g/mol. The lowest BCUT2D eigenvalue weighted by Crippen LogP contribution is -1.97. The maximum atomic E-state index is 5.16. The SMILES string of the molecule is c1ccc(-n2c(-c3ccc(-c4c5ccccc5c(-c5cc6ccc7cccc8c9ccccc9c9ccccc9c(c5)c6c78)c5ccccc45)cc3)nc3ccccc32)cc1. The highest BCUT2D eigenvalue weighted by molar-refractivity contribution is 6.34. The summed E-state index contributed by atoms with van der Waals surface area (Å²) in [6.45, 7) is 0. The van der Waals surface area contributed by atoms with Gasteiger partial charge < -0.3 is 0 Å². The molecule has 1 heterocycles. The summed E-state index contributed by atoms with van der Waals surface area (Å²) < 4.78 is 2.27. The molecule has 0 bridgehead atoms. The number of benzene rings is 11. The molecule has 0 amide bonds. The molecule has 0 spiro atoms. The number of para-hydroxylation sites is 3. The van der Waals surface area contributed by atoms with Gasteiger partial charge in [-0.15, -0.1) is 0 Å². The second-order valence-electron chi connectivity index (χ2n) is 16.2. The summed E-state index contributed by atoms with van der Waals surface area (Å²) in [5.74, 6) is 0.931. The lowest BCUT2D eigenvalue weighted by molar-refractivity contribution is 1.10. The molecule has 0 unspecified atom stereocenters. The van der Waals surface area contributed by atoms with Crippen LogP contribution in [0.5, 0.6) is 0 Å². The monoisotopic (exact) mass is 772 g/mol. The van der Waals surface area contributed by atoms with E-state index in [4.69, 9.17) is 4.98 Å². The molecular weight excluding hydrogens is 737 g/mol. The second kappa shape index (κ2) is 13.2. The van der Waals surface area contributed by atoms with Gasteiger partial charge in [0.1, 0.15) is 5.82 Å². The van der Waals surface area contributed by atoms with E-state index in [1.54, 1.807) is 0 Å². The predicted octanol–water partition coefficient (Wildman–Crippen LogP) is 16.1. The maximum Gasteiger partial charge on any atom is 0.145 e. The van der Waals surface area contributed by atoms with Crippen molar-refractivity contribution in [2.75, 3.05) is 0 Å². The van der Waals surface area contributed by atoms with Gasteiger partial charge >= 0.3 is 0 Å². The zero-order valence-electron chi connectivity index (χ0n) is 33.2. The Labute approximate surface area is 352 Å². The molecule has 0 fully saturated rings. The van der Waals surface area contributed by atoms with Crippen LogP contribution in [0.25, 0.3) is 126 Å². The van der Waals surface area contributed by atoms with Crippen LogP contribution in [-0.4, -0.2) is 9.55 Å². The molecule has 13 aromatic rings. The maximum absolute atomic E-state index is 5.16. The van der Waals surface area contributed by atoms with Gasteiger partial charge in [-0.2, -0.15) is 0 Å². The summed E-state index contributed by atoms with van der Waals surface area (Å²) in [6, 6.07) is 80.1. The highest BCUT2D eigenvalue weighted by Crippen LogP contribution is 2.47. The molecule has 13 rings (SSSR count). The smallest absolute Gasteiger partial charge is 0.145 e. The molecule has 0 atom stereocenters. The molecule has 0 saturated heterocycles. The lowest BCUT2D eigenvalue weighted by atomic mass is 9.84. The molecular formula is C59H36N2. The molecule has 1 aromatic heterocycles. The largest absolute Gasteiger partial charge is 0.292 e. The van der Waals surface area contributed by atoms with Gasteiger partial charge in [0.2, 0.25) is 0 Å². The van der Waals surface area contributed by atoms with E-state index in [-0.39, 0.29) is 0 Å². The van der Waals surface area contributed by atoms with Gasteiger partial charge in [0.15, 0.2) is 0 Å². The van der Waals surface area contributed by atoms with Gasteiger partial charge in [0, 0.05) is 11.3 Å². The number of rotatable bonds is 4. The normalized spacial score (nSPS) is 11.9. The van der Waals surface area contributed by atoms with Crippen LogP contribution in [0.2, 0.25) is 0 Å². The first-order chi connectivity index (χ1) is 30.3. The average Bonchev–Trinajstić information content (AvgIpc) is 3.72. The Morgan fingerprint density at radius 2 is 0.770 bits per heavy atom. The number of aromatic nitrogens is 2. The van der Waals surface area contributed by atoms with Crippen LogP contribution in [0.4, 0.5) is 0 Å². The van der Waals surface area contributed by atoms with Gasteiger partial charge in [-0.25, -0.2) is 4.98 Å². The van der Waals surface area contributed by atoms with Crippen molar-refractivity contribution in [3.8, 4) is 39.3 Å². The van der Waals surface area contributed by atoms with E-state index in [2.05, 4.69) is 223 Å². The van der Waals surface area contributed by atoms with Crippen molar-refractivity contribution in [1.82, 2.24) is 9.55 Å². The Bertz CT molecular complexity index is 3860. The van der Waals surface area contributed by atoms with Crippen LogP contribution >= 0.6 is 0 Å². The minimum atomic E-state index is 0.931. The van der Waals surface area contributed by atoms with Crippen LogP contribution in [0.1, 0.15) is 0 Å². The molecule has 2 heteroatoms. The van der Waals surface area contributed by atoms with Gasteiger partial charge in [-0.1, -0.05) is 182 Å². The van der Waals surface area contributed by atoms with E-state index in [1.165, 1.54) is 97.7 Å². The molecule has 0 aliphatic rings. The molecule has 61 heavy (non-hydrogen) atoms. The van der Waals surface area contributed by atoms with Gasteiger partial charge in [0.05, 0.1) is 11.0 Å². The van der Waals surface area contributed by atoms with Gasteiger partial charge in [0.25, 0.3) is 0 Å². The molecule has 0 radical (unpaired) electrons. The highest BCUT2D eigenvalue weighted by Gasteiger charge is 2.20. The Morgan fingerprint density at radius 1 is 0.295 bits per heavy atom. The first-order valence-electron chi connectivity index (χ1n) is 21.0. The first kappa shape index (κ1) is 33.9. The van der Waals surface area contributed by atoms with E-state index < -0.39 is 0 Å². The molecule has 0 aliphatic heterocycles. The first-order valence-corrected chi connectivity index (χ1v) is 21.0. The zero-order valence-corrected chi connectivity index (χ0v) is 33.2. The van der Waals surface area contributed by atoms with Crippen molar-refractivity contribution in [2.45, 2.75) is 0 Å². The second-order valence-corrected chi connectivity index (χ2v) is 16.2. The summed E-state index contributed by atoms with van der Waals surface area (Å²) >= 11 is 0. The Morgan fingerprint density at radius 3 is 1.43 bits per heavy atom. The van der Waals surface area contributed by atoms with E-state index in [9.17, 15) is 0 Å². The summed E-state index contributed by atoms with van der Waals surface area (Å²) in [6.07, 6.45) is 0. The van der Waals surface area contributed by atoms with Crippen LogP contribution in [0.3, 0.4) is 0 Å². The summed E-state index contributed by atoms with van der Waals surface area (Å²) in [4.78, 5) is 5.16. The van der Waals surface area contributed by atoms with Crippen molar-refractivity contribution in [2.24, 2.45) is 0 Å². The number of nitrogens with zero attached hydrogens (tertiary/aromatic N) is 2. The van der Waals surface area contributed by atoms with Crippen molar-refractivity contribution >= 4 is 86.4 Å². The van der Waals surface area contributed by atoms with Crippen molar-refractivity contribution in [3.05, 3.63) is 218 Å².